The quantitative estimate of drug-likeness (QED) is 0.569. The molecule has 5 heteroatoms. The highest BCUT2D eigenvalue weighted by Crippen LogP contribution is 2.22. The van der Waals surface area contributed by atoms with E-state index in [9.17, 15) is 4.79 Å². The number of hydrogen-bond donors (Lipinski definition) is 2. The van der Waals surface area contributed by atoms with Gasteiger partial charge in [0.15, 0.2) is 5.58 Å². The lowest BCUT2D eigenvalue weighted by atomic mass is 10.2. The molecule has 0 spiro atoms. The number of nitrogens with two attached hydrogens (primary N) is 2. The van der Waals surface area contributed by atoms with Crippen molar-refractivity contribution in [2.45, 2.75) is 0 Å². The molecule has 0 aliphatic rings. The Kier molecular flexibility index (Phi) is 1.36. The van der Waals surface area contributed by atoms with Gasteiger partial charge in [-0.15, -0.1) is 0 Å². The number of oxazole rings is 1. The van der Waals surface area contributed by atoms with Crippen LogP contribution in [0.1, 0.15) is 0 Å². The smallest absolute Gasteiger partial charge is 0.408 e. The van der Waals surface area contributed by atoms with Crippen LogP contribution < -0.4 is 17.2 Å². The highest BCUT2D eigenvalue weighted by Gasteiger charge is 2.07. The summed E-state index contributed by atoms with van der Waals surface area (Å²) in [5.41, 5.74) is 13.1. The van der Waals surface area contributed by atoms with Gasteiger partial charge in [0.2, 0.25) is 0 Å². The Morgan fingerprint density at radius 1 is 1.31 bits per heavy atom. The van der Waals surface area contributed by atoms with Crippen molar-refractivity contribution in [3.05, 3.63) is 22.7 Å². The lowest BCUT2D eigenvalue weighted by Gasteiger charge is -1.98. The van der Waals surface area contributed by atoms with Gasteiger partial charge in [0, 0.05) is 13.1 Å². The molecule has 2 aromatic rings. The number of anilines is 2. The van der Waals surface area contributed by atoms with Gasteiger partial charge in [0.25, 0.3) is 0 Å². The van der Waals surface area contributed by atoms with Crippen molar-refractivity contribution in [1.82, 2.24) is 4.57 Å². The molecule has 0 saturated heterocycles. The monoisotopic (exact) mass is 179 g/mol. The molecule has 0 amide bonds. The number of hydrogen-bond acceptors (Lipinski definition) is 4. The fraction of sp³-hybridized carbons (Fsp3) is 0.125. The zero-order valence-electron chi connectivity index (χ0n) is 7.07. The van der Waals surface area contributed by atoms with Crippen LogP contribution in [-0.4, -0.2) is 4.57 Å². The van der Waals surface area contributed by atoms with Crippen molar-refractivity contribution in [3.8, 4) is 0 Å². The Bertz CT molecular complexity index is 524. The molecule has 4 N–H and O–H groups in total. The summed E-state index contributed by atoms with van der Waals surface area (Å²) in [6.07, 6.45) is 0. The average molecular weight is 179 g/mol. The van der Waals surface area contributed by atoms with E-state index in [0.29, 0.717) is 22.5 Å². The Hall–Kier alpha value is -1.91. The van der Waals surface area contributed by atoms with Gasteiger partial charge in [0.1, 0.15) is 0 Å². The fourth-order valence-corrected chi connectivity index (χ4v) is 1.21. The summed E-state index contributed by atoms with van der Waals surface area (Å²) in [6.45, 7) is 0. The van der Waals surface area contributed by atoms with E-state index in [0.717, 1.165) is 0 Å². The molecule has 1 aromatic heterocycles. The number of aryl methyl sites for hydroxylation is 1. The Morgan fingerprint density at radius 2 is 1.92 bits per heavy atom. The molecule has 0 bridgehead atoms. The van der Waals surface area contributed by atoms with E-state index in [1.165, 1.54) is 4.57 Å². The van der Waals surface area contributed by atoms with Crippen molar-refractivity contribution in [2.75, 3.05) is 11.5 Å². The lowest BCUT2D eigenvalue weighted by Crippen LogP contribution is -2.08. The standard InChI is InChI=1S/C8H9N3O2/c1-11-6-2-4(9)5(10)3-7(6)13-8(11)12/h2-3H,9-10H2,1H3. The molecule has 0 radical (unpaired) electrons. The van der Waals surface area contributed by atoms with Gasteiger partial charge in [-0.25, -0.2) is 4.79 Å². The van der Waals surface area contributed by atoms with Gasteiger partial charge < -0.3 is 15.9 Å². The molecule has 0 saturated carbocycles. The molecule has 0 fully saturated rings. The second-order valence-electron chi connectivity index (χ2n) is 2.88. The third-order valence-electron chi connectivity index (χ3n) is 2.00. The minimum atomic E-state index is -0.417. The lowest BCUT2D eigenvalue weighted by molar-refractivity contribution is 0.528. The molecule has 68 valence electrons. The summed E-state index contributed by atoms with van der Waals surface area (Å²) >= 11 is 0. The summed E-state index contributed by atoms with van der Waals surface area (Å²) in [7, 11) is 1.61. The molecular formula is C8H9N3O2. The summed E-state index contributed by atoms with van der Waals surface area (Å²) in [5.74, 6) is -0.417. The minimum absolute atomic E-state index is 0.417. The minimum Gasteiger partial charge on any atom is -0.408 e. The van der Waals surface area contributed by atoms with Crippen LogP contribution in [0.5, 0.6) is 0 Å². The maximum Gasteiger partial charge on any atom is 0.419 e. The van der Waals surface area contributed by atoms with E-state index in [1.807, 2.05) is 0 Å². The van der Waals surface area contributed by atoms with Crippen LogP contribution in [0.3, 0.4) is 0 Å². The number of nitrogens with zero attached hydrogens (tertiary/aromatic N) is 1. The maximum atomic E-state index is 11.1. The van der Waals surface area contributed by atoms with E-state index in [4.69, 9.17) is 15.9 Å². The molecule has 1 aromatic carbocycles. The predicted octanol–water partition coefficient (Wildman–Crippen LogP) is 0.296. The van der Waals surface area contributed by atoms with E-state index < -0.39 is 5.76 Å². The third-order valence-corrected chi connectivity index (χ3v) is 2.00. The number of rotatable bonds is 0. The van der Waals surface area contributed by atoms with Crippen LogP contribution in [0.25, 0.3) is 11.1 Å². The largest absolute Gasteiger partial charge is 0.419 e. The van der Waals surface area contributed by atoms with E-state index in [2.05, 4.69) is 0 Å². The van der Waals surface area contributed by atoms with Crippen molar-refractivity contribution in [1.29, 1.82) is 0 Å². The zero-order chi connectivity index (χ0) is 9.59. The molecule has 0 unspecified atom stereocenters. The molecular weight excluding hydrogens is 170 g/mol. The zero-order valence-corrected chi connectivity index (χ0v) is 7.07. The first-order chi connectivity index (χ1) is 6.09. The first-order valence-electron chi connectivity index (χ1n) is 3.74. The molecule has 1 heterocycles. The van der Waals surface area contributed by atoms with Crippen molar-refractivity contribution >= 4 is 22.5 Å². The van der Waals surface area contributed by atoms with Crippen LogP contribution in [0, 0.1) is 0 Å². The summed E-state index contributed by atoms with van der Waals surface area (Å²) < 4.78 is 6.29. The second kappa shape index (κ2) is 2.29. The van der Waals surface area contributed by atoms with Crippen molar-refractivity contribution in [2.24, 2.45) is 7.05 Å². The summed E-state index contributed by atoms with van der Waals surface area (Å²) in [4.78, 5) is 11.1. The van der Waals surface area contributed by atoms with Gasteiger partial charge in [-0.3, -0.25) is 4.57 Å². The van der Waals surface area contributed by atoms with Crippen molar-refractivity contribution in [3.63, 3.8) is 0 Å². The topological polar surface area (TPSA) is 87.2 Å². The number of benzene rings is 1. The molecule has 5 nitrogen and oxygen atoms in total. The summed E-state index contributed by atoms with van der Waals surface area (Å²) in [5, 5.41) is 0. The number of fused-ring (bicyclic) bond motifs is 1. The normalized spacial score (nSPS) is 10.8. The Labute approximate surface area is 73.5 Å². The first-order valence-corrected chi connectivity index (χ1v) is 3.74. The first kappa shape index (κ1) is 7.72. The number of nitrogen functional groups attached to an aromatic ring is 2. The fourth-order valence-electron chi connectivity index (χ4n) is 1.21. The molecule has 0 atom stereocenters. The average Bonchev–Trinajstić information content (AvgIpc) is 2.32. The van der Waals surface area contributed by atoms with Crippen LogP contribution in [0.4, 0.5) is 11.4 Å². The number of aromatic nitrogens is 1. The van der Waals surface area contributed by atoms with Crippen LogP contribution >= 0.6 is 0 Å². The van der Waals surface area contributed by atoms with Gasteiger partial charge in [-0.1, -0.05) is 0 Å². The van der Waals surface area contributed by atoms with Crippen LogP contribution in [0.2, 0.25) is 0 Å². The second-order valence-corrected chi connectivity index (χ2v) is 2.88. The van der Waals surface area contributed by atoms with E-state index in [1.54, 1.807) is 19.2 Å². The third kappa shape index (κ3) is 0.970. The molecule has 0 aliphatic carbocycles. The predicted molar refractivity (Wildman–Crippen MR) is 50.3 cm³/mol. The molecule has 2 rings (SSSR count). The highest BCUT2D eigenvalue weighted by atomic mass is 16.4. The van der Waals surface area contributed by atoms with Gasteiger partial charge in [-0.05, 0) is 6.07 Å². The Morgan fingerprint density at radius 3 is 2.62 bits per heavy atom. The SMILES string of the molecule is Cn1c(=O)oc2cc(N)c(N)cc21. The molecule has 0 aliphatic heterocycles. The maximum absolute atomic E-state index is 11.1. The van der Waals surface area contributed by atoms with Crippen molar-refractivity contribution < 1.29 is 4.42 Å². The van der Waals surface area contributed by atoms with Gasteiger partial charge in [0.05, 0.1) is 16.9 Å². The molecule has 13 heavy (non-hydrogen) atoms. The van der Waals surface area contributed by atoms with Crippen LogP contribution in [-0.2, 0) is 7.05 Å². The van der Waals surface area contributed by atoms with Crippen LogP contribution in [0.15, 0.2) is 21.3 Å². The van der Waals surface area contributed by atoms with E-state index in [-0.39, 0.29) is 0 Å². The van der Waals surface area contributed by atoms with Gasteiger partial charge in [-0.2, -0.15) is 0 Å². The van der Waals surface area contributed by atoms with Gasteiger partial charge >= 0.3 is 5.76 Å². The van der Waals surface area contributed by atoms with E-state index >= 15 is 0 Å². The summed E-state index contributed by atoms with van der Waals surface area (Å²) in [6, 6.07) is 3.17. The highest BCUT2D eigenvalue weighted by molar-refractivity contribution is 5.84. The Balaban J connectivity index is 2.97.